The van der Waals surface area contributed by atoms with Gasteiger partial charge < -0.3 is 29.8 Å². The molecule has 10 heteroatoms. The molecule has 3 amide bonds. The predicted octanol–water partition coefficient (Wildman–Crippen LogP) is 1.44. The average molecular weight is 526 g/mol. The summed E-state index contributed by atoms with van der Waals surface area (Å²) in [5.41, 5.74) is 1.24. The number of aliphatic hydroxyl groups is 1. The molecular weight excluding hydrogens is 490 g/mol. The zero-order valence-electron chi connectivity index (χ0n) is 21.6. The molecule has 204 valence electrons. The predicted molar refractivity (Wildman–Crippen MR) is 139 cm³/mol. The molecule has 1 saturated carbocycles. The van der Waals surface area contributed by atoms with Crippen LogP contribution < -0.4 is 21.0 Å². The van der Waals surface area contributed by atoms with E-state index in [4.69, 9.17) is 9.15 Å². The molecule has 1 aromatic carbocycles. The summed E-state index contributed by atoms with van der Waals surface area (Å²) < 4.78 is 11.0. The zero-order chi connectivity index (χ0) is 26.7. The van der Waals surface area contributed by atoms with Crippen LogP contribution in [0.15, 0.2) is 27.4 Å². The maximum atomic E-state index is 12.6. The molecule has 38 heavy (non-hydrogen) atoms. The Bertz CT molecular complexity index is 1290. The third-order valence-corrected chi connectivity index (χ3v) is 8.23. The van der Waals surface area contributed by atoms with Crippen LogP contribution in [-0.2, 0) is 27.2 Å². The van der Waals surface area contributed by atoms with Gasteiger partial charge in [-0.3, -0.25) is 14.4 Å². The number of likely N-dealkylation sites (tertiary alicyclic amines) is 1. The van der Waals surface area contributed by atoms with E-state index in [1.165, 1.54) is 0 Å². The Kier molecular flexibility index (Phi) is 7.69. The van der Waals surface area contributed by atoms with Crippen molar-refractivity contribution in [1.82, 2.24) is 15.5 Å². The zero-order valence-corrected chi connectivity index (χ0v) is 21.6. The SMILES string of the molecule is O=C(CNC(=O)COc1ccc2c3c(c(=O)oc2c1)CCCC3)NCC(=O)N1CC[C@]2(O)CCCC[C@H]2C1. The second-order valence-electron chi connectivity index (χ2n) is 10.7. The fourth-order valence-electron chi connectivity index (χ4n) is 6.04. The van der Waals surface area contributed by atoms with E-state index in [2.05, 4.69) is 10.6 Å². The summed E-state index contributed by atoms with van der Waals surface area (Å²) in [6, 6.07) is 5.18. The number of amides is 3. The summed E-state index contributed by atoms with van der Waals surface area (Å²) >= 11 is 0. The fraction of sp³-hybridized carbons (Fsp3) is 0.571. The van der Waals surface area contributed by atoms with Crippen LogP contribution in [0.3, 0.4) is 0 Å². The van der Waals surface area contributed by atoms with Crippen molar-refractivity contribution in [1.29, 1.82) is 0 Å². The molecule has 0 spiro atoms. The number of fused-ring (bicyclic) bond motifs is 4. The lowest BCUT2D eigenvalue weighted by molar-refractivity contribution is -0.143. The molecule has 0 unspecified atom stereocenters. The molecule has 2 fully saturated rings. The van der Waals surface area contributed by atoms with Crippen LogP contribution in [-0.4, -0.2) is 66.1 Å². The van der Waals surface area contributed by atoms with Crippen LogP contribution in [0.5, 0.6) is 5.75 Å². The number of nitrogens with zero attached hydrogens (tertiary/aromatic N) is 1. The van der Waals surface area contributed by atoms with Crippen molar-refractivity contribution in [2.75, 3.05) is 32.8 Å². The van der Waals surface area contributed by atoms with Crippen LogP contribution in [0, 0.1) is 5.92 Å². The number of nitrogens with one attached hydrogen (secondary N) is 2. The van der Waals surface area contributed by atoms with Gasteiger partial charge in [-0.15, -0.1) is 0 Å². The Hall–Kier alpha value is -3.40. The Morgan fingerprint density at radius 2 is 1.82 bits per heavy atom. The van der Waals surface area contributed by atoms with Gasteiger partial charge in [-0.2, -0.15) is 0 Å². The third kappa shape index (κ3) is 5.70. The summed E-state index contributed by atoms with van der Waals surface area (Å²) in [5.74, 6) is -0.688. The van der Waals surface area contributed by atoms with E-state index >= 15 is 0 Å². The molecule has 10 nitrogen and oxygen atoms in total. The number of piperidine rings is 1. The molecule has 5 rings (SSSR count). The summed E-state index contributed by atoms with van der Waals surface area (Å²) in [6.07, 6.45) is 7.96. The Balaban J connectivity index is 1.05. The number of aryl methyl sites for hydroxylation is 1. The number of hydrogen-bond donors (Lipinski definition) is 3. The molecule has 0 bridgehead atoms. The highest BCUT2D eigenvalue weighted by atomic mass is 16.5. The number of carbonyl (C=O) groups is 3. The lowest BCUT2D eigenvalue weighted by Gasteiger charge is -2.47. The lowest BCUT2D eigenvalue weighted by atomic mass is 9.71. The monoisotopic (exact) mass is 525 g/mol. The fourth-order valence-corrected chi connectivity index (χ4v) is 6.04. The molecule has 2 aromatic rings. The van der Waals surface area contributed by atoms with Crippen molar-refractivity contribution >= 4 is 28.7 Å². The first kappa shape index (κ1) is 26.2. The highest BCUT2D eigenvalue weighted by Gasteiger charge is 2.43. The highest BCUT2D eigenvalue weighted by Crippen LogP contribution is 2.39. The summed E-state index contributed by atoms with van der Waals surface area (Å²) in [7, 11) is 0. The van der Waals surface area contributed by atoms with Gasteiger partial charge in [0.05, 0.1) is 18.7 Å². The second-order valence-corrected chi connectivity index (χ2v) is 10.7. The molecule has 1 aromatic heterocycles. The number of carbonyl (C=O) groups excluding carboxylic acids is 3. The molecule has 2 heterocycles. The molecule has 2 aliphatic carbocycles. The molecular formula is C28H35N3O7. The molecule has 0 radical (unpaired) electrons. The van der Waals surface area contributed by atoms with Crippen molar-refractivity contribution < 1.29 is 28.6 Å². The van der Waals surface area contributed by atoms with E-state index in [9.17, 15) is 24.3 Å². The van der Waals surface area contributed by atoms with Crippen LogP contribution in [0.4, 0.5) is 0 Å². The Morgan fingerprint density at radius 1 is 1.03 bits per heavy atom. The largest absolute Gasteiger partial charge is 0.484 e. The molecule has 2 atom stereocenters. The van der Waals surface area contributed by atoms with Crippen molar-refractivity contribution in [3.05, 3.63) is 39.7 Å². The summed E-state index contributed by atoms with van der Waals surface area (Å²) in [6.45, 7) is 0.250. The Morgan fingerprint density at radius 3 is 2.66 bits per heavy atom. The van der Waals surface area contributed by atoms with E-state index in [0.29, 0.717) is 30.8 Å². The average Bonchev–Trinajstić information content (AvgIpc) is 2.93. The minimum absolute atomic E-state index is 0.0907. The van der Waals surface area contributed by atoms with Gasteiger partial charge in [-0.05, 0) is 62.6 Å². The quantitative estimate of drug-likeness (QED) is 0.465. The van der Waals surface area contributed by atoms with Crippen LogP contribution in [0.1, 0.15) is 56.1 Å². The molecule has 1 aliphatic heterocycles. The van der Waals surface area contributed by atoms with Gasteiger partial charge in [0.15, 0.2) is 6.61 Å². The van der Waals surface area contributed by atoms with Crippen molar-refractivity contribution in [3.63, 3.8) is 0 Å². The standard InChI is InChI=1S/C28H35N3O7/c32-24(30-15-26(34)31-12-11-28(36)10-4-3-5-18(28)16-31)14-29-25(33)17-37-19-8-9-21-20-6-1-2-7-22(20)27(35)38-23(21)13-19/h8-9,13,18,36H,1-7,10-12,14-17H2,(H,29,33)(H,30,32)/t18-,28+/m0/s1. The van der Waals surface area contributed by atoms with E-state index in [0.717, 1.165) is 67.9 Å². The van der Waals surface area contributed by atoms with E-state index in [1.54, 1.807) is 17.0 Å². The number of ether oxygens (including phenoxy) is 1. The molecule has 3 aliphatic rings. The first-order valence-corrected chi connectivity index (χ1v) is 13.6. The highest BCUT2D eigenvalue weighted by molar-refractivity contribution is 5.88. The van der Waals surface area contributed by atoms with Crippen molar-refractivity contribution in [2.24, 2.45) is 5.92 Å². The van der Waals surface area contributed by atoms with E-state index in [1.807, 2.05) is 6.07 Å². The van der Waals surface area contributed by atoms with E-state index in [-0.39, 0.29) is 37.1 Å². The molecule has 3 N–H and O–H groups in total. The van der Waals surface area contributed by atoms with Gasteiger partial charge in [-0.1, -0.05) is 12.8 Å². The van der Waals surface area contributed by atoms with Gasteiger partial charge >= 0.3 is 5.63 Å². The van der Waals surface area contributed by atoms with Crippen molar-refractivity contribution in [2.45, 2.75) is 63.4 Å². The lowest BCUT2D eigenvalue weighted by Crippen LogP contribution is -2.56. The summed E-state index contributed by atoms with van der Waals surface area (Å²) in [5, 5.41) is 16.7. The number of hydrogen-bond acceptors (Lipinski definition) is 7. The van der Waals surface area contributed by atoms with Gasteiger partial charge in [0.2, 0.25) is 11.8 Å². The first-order chi connectivity index (χ1) is 18.3. The van der Waals surface area contributed by atoms with Gasteiger partial charge in [0, 0.05) is 36.0 Å². The number of rotatable bonds is 7. The maximum Gasteiger partial charge on any atom is 0.339 e. The minimum Gasteiger partial charge on any atom is -0.484 e. The normalized spacial score (nSPS) is 22.8. The maximum absolute atomic E-state index is 12.6. The van der Waals surface area contributed by atoms with Gasteiger partial charge in [-0.25, -0.2) is 4.79 Å². The summed E-state index contributed by atoms with van der Waals surface area (Å²) in [4.78, 5) is 50.9. The van der Waals surface area contributed by atoms with Gasteiger partial charge in [0.1, 0.15) is 11.3 Å². The first-order valence-electron chi connectivity index (χ1n) is 13.6. The van der Waals surface area contributed by atoms with Crippen LogP contribution in [0.2, 0.25) is 0 Å². The van der Waals surface area contributed by atoms with Crippen LogP contribution in [0.25, 0.3) is 11.0 Å². The van der Waals surface area contributed by atoms with E-state index < -0.39 is 17.4 Å². The smallest absolute Gasteiger partial charge is 0.339 e. The second kappa shape index (κ2) is 11.1. The van der Waals surface area contributed by atoms with Gasteiger partial charge in [0.25, 0.3) is 5.91 Å². The topological polar surface area (TPSA) is 138 Å². The molecule has 1 saturated heterocycles. The third-order valence-electron chi connectivity index (χ3n) is 8.23. The Labute approximate surface area is 220 Å². The number of benzene rings is 1. The van der Waals surface area contributed by atoms with Crippen LogP contribution >= 0.6 is 0 Å². The van der Waals surface area contributed by atoms with Crippen molar-refractivity contribution in [3.8, 4) is 5.75 Å². The minimum atomic E-state index is -0.662.